The van der Waals surface area contributed by atoms with Crippen molar-refractivity contribution in [2.24, 2.45) is 5.41 Å². The molecule has 0 saturated carbocycles. The molecule has 0 atom stereocenters. The van der Waals surface area contributed by atoms with Gasteiger partial charge in [-0.3, -0.25) is 4.79 Å². The first-order chi connectivity index (χ1) is 5.38. The number of rotatable bonds is 1. The highest BCUT2D eigenvalue weighted by Crippen LogP contribution is 2.14. The topological polar surface area (TPSA) is 43.4 Å². The van der Waals surface area contributed by atoms with Crippen LogP contribution in [-0.2, 0) is 14.3 Å². The minimum Gasteiger partial charge on any atom is -0.389 e. The molecule has 0 radical (unpaired) electrons. The molecule has 0 aliphatic carbocycles. The molecule has 0 N–H and O–H groups in total. The van der Waals surface area contributed by atoms with Gasteiger partial charge in [-0.1, -0.05) is 6.58 Å². The highest BCUT2D eigenvalue weighted by atomic mass is 16.6. The highest BCUT2D eigenvalue weighted by Gasteiger charge is 2.24. The van der Waals surface area contributed by atoms with Crippen LogP contribution in [0.3, 0.4) is 0 Å². The molecule has 66 valence electrons. The molecular weight excluding hydrogens is 156 g/mol. The van der Waals surface area contributed by atoms with Crippen LogP contribution in [0.25, 0.3) is 0 Å². The van der Waals surface area contributed by atoms with Crippen LogP contribution in [0.4, 0.5) is 0 Å². The number of carbonyl (C=O) groups excluding carboxylic acids is 2. The van der Waals surface area contributed by atoms with E-state index in [-0.39, 0.29) is 0 Å². The predicted molar refractivity (Wildman–Crippen MR) is 44.3 cm³/mol. The van der Waals surface area contributed by atoms with Crippen LogP contribution < -0.4 is 0 Å². The number of esters is 2. The molecule has 0 amide bonds. The van der Waals surface area contributed by atoms with Crippen molar-refractivity contribution in [1.82, 2.24) is 0 Å². The van der Waals surface area contributed by atoms with E-state index in [0.29, 0.717) is 0 Å². The molecule has 0 rings (SSSR count). The molecule has 0 aromatic heterocycles. The van der Waals surface area contributed by atoms with Crippen LogP contribution in [-0.4, -0.2) is 11.9 Å². The fourth-order valence-electron chi connectivity index (χ4n) is 0.357. The summed E-state index contributed by atoms with van der Waals surface area (Å²) < 4.78 is 4.42. The van der Waals surface area contributed by atoms with Gasteiger partial charge in [0, 0.05) is 0 Å². The first-order valence-corrected chi connectivity index (χ1v) is 3.50. The Kier molecular flexibility index (Phi) is 3.45. The molecule has 0 bridgehead atoms. The lowest BCUT2D eigenvalue weighted by Crippen LogP contribution is -2.24. The van der Waals surface area contributed by atoms with E-state index in [0.717, 1.165) is 6.08 Å². The Morgan fingerprint density at radius 3 is 2.25 bits per heavy atom. The van der Waals surface area contributed by atoms with E-state index in [4.69, 9.17) is 0 Å². The van der Waals surface area contributed by atoms with Crippen molar-refractivity contribution in [2.45, 2.75) is 20.8 Å². The van der Waals surface area contributed by atoms with Gasteiger partial charge in [0.15, 0.2) is 0 Å². The molecule has 0 saturated heterocycles. The van der Waals surface area contributed by atoms with Crippen LogP contribution in [0.1, 0.15) is 20.8 Å². The first-order valence-electron chi connectivity index (χ1n) is 3.50. The summed E-state index contributed by atoms with van der Waals surface area (Å²) in [6.07, 6.45) is 0.976. The van der Waals surface area contributed by atoms with Crippen molar-refractivity contribution in [3.8, 4) is 0 Å². The van der Waals surface area contributed by atoms with Crippen molar-refractivity contribution in [3.63, 3.8) is 0 Å². The summed E-state index contributed by atoms with van der Waals surface area (Å²) in [5.41, 5.74) is 1.56. The zero-order valence-corrected chi connectivity index (χ0v) is 7.51. The maximum absolute atomic E-state index is 11.0. The monoisotopic (exact) mass is 168 g/mol. The molecule has 0 aliphatic rings. The maximum atomic E-state index is 11.0. The average Bonchev–Trinajstić information content (AvgIpc) is 1.85. The van der Waals surface area contributed by atoms with Gasteiger partial charge in [0.05, 0.1) is 11.5 Å². The highest BCUT2D eigenvalue weighted by molar-refractivity contribution is 5.93. The Hall–Kier alpha value is -1.34. The summed E-state index contributed by atoms with van der Waals surface area (Å²) in [6, 6.07) is 0. The summed E-state index contributed by atoms with van der Waals surface area (Å²) >= 11 is 0. The summed E-state index contributed by atoms with van der Waals surface area (Å²) in [5.74, 6) is -1.29. The van der Waals surface area contributed by atoms with Crippen LogP contribution >= 0.6 is 0 Å². The molecule has 12 heavy (non-hydrogen) atoms. The largest absolute Gasteiger partial charge is 0.389 e. The predicted octanol–water partition coefficient (Wildman–Crippen LogP) is 1.44. The Morgan fingerprint density at radius 1 is 1.42 bits per heavy atom. The number of carbonyl (C=O) groups is 2. The van der Waals surface area contributed by atoms with Gasteiger partial charge in [0.2, 0.25) is 0 Å². The second-order valence-corrected chi connectivity index (χ2v) is 3.31. The molecule has 0 unspecified atom stereocenters. The number of ether oxygens (including phenoxy) is 1. The lowest BCUT2D eigenvalue weighted by Gasteiger charge is -2.13. The summed E-state index contributed by atoms with van der Waals surface area (Å²) in [6.45, 7) is 8.18. The molecule has 0 aliphatic heterocycles. The summed E-state index contributed by atoms with van der Waals surface area (Å²) in [7, 11) is 0. The molecule has 0 aromatic rings. The molecule has 3 nitrogen and oxygen atoms in total. The fraction of sp³-hybridized carbons (Fsp3) is 0.444. The quantitative estimate of drug-likeness (QED) is 0.257. The Morgan fingerprint density at radius 2 is 1.92 bits per heavy atom. The summed E-state index contributed by atoms with van der Waals surface area (Å²) in [5, 5.41) is 0. The van der Waals surface area contributed by atoms with Crippen LogP contribution in [0.5, 0.6) is 0 Å². The van der Waals surface area contributed by atoms with Crippen molar-refractivity contribution in [1.29, 1.82) is 0 Å². The number of hydrogen-bond acceptors (Lipinski definition) is 3. The average molecular weight is 168 g/mol. The van der Waals surface area contributed by atoms with Gasteiger partial charge in [0.25, 0.3) is 0 Å². The van der Waals surface area contributed by atoms with E-state index in [1.165, 1.54) is 0 Å². The molecule has 0 aromatic carbocycles. The van der Waals surface area contributed by atoms with Crippen molar-refractivity contribution in [3.05, 3.63) is 18.4 Å². The second kappa shape index (κ2) is 3.88. The van der Waals surface area contributed by atoms with E-state index >= 15 is 0 Å². The first kappa shape index (κ1) is 10.7. The van der Waals surface area contributed by atoms with Gasteiger partial charge in [0.1, 0.15) is 0 Å². The third-order valence-corrected chi connectivity index (χ3v) is 1.03. The molecule has 0 fully saturated rings. The van der Waals surface area contributed by atoms with Crippen molar-refractivity contribution < 1.29 is 14.3 Å². The fourth-order valence-corrected chi connectivity index (χ4v) is 0.357. The minimum atomic E-state index is -0.732. The smallest absolute Gasteiger partial charge is 0.346 e. The third-order valence-electron chi connectivity index (χ3n) is 1.03. The zero-order chi connectivity index (χ0) is 9.78. The van der Waals surface area contributed by atoms with E-state index in [1.54, 1.807) is 20.8 Å². The Balaban J connectivity index is 4.20. The lowest BCUT2D eigenvalue weighted by molar-refractivity contribution is -0.162. The van der Waals surface area contributed by atoms with Crippen molar-refractivity contribution in [2.75, 3.05) is 0 Å². The van der Waals surface area contributed by atoms with E-state index < -0.39 is 17.4 Å². The Bertz CT molecular complexity index is 239. The van der Waals surface area contributed by atoms with Gasteiger partial charge in [-0.05, 0) is 20.8 Å². The molecule has 0 spiro atoms. The minimum absolute atomic E-state index is 0.556. The van der Waals surface area contributed by atoms with Gasteiger partial charge < -0.3 is 4.74 Å². The van der Waals surface area contributed by atoms with Crippen LogP contribution in [0, 0.1) is 5.41 Å². The van der Waals surface area contributed by atoms with E-state index in [9.17, 15) is 9.59 Å². The van der Waals surface area contributed by atoms with Gasteiger partial charge in [-0.25, -0.2) is 4.79 Å². The van der Waals surface area contributed by atoms with Crippen LogP contribution in [0.2, 0.25) is 0 Å². The Labute approximate surface area is 71.7 Å². The van der Waals surface area contributed by atoms with E-state index in [1.807, 2.05) is 0 Å². The van der Waals surface area contributed by atoms with Gasteiger partial charge in [-0.2, -0.15) is 0 Å². The zero-order valence-electron chi connectivity index (χ0n) is 7.51. The van der Waals surface area contributed by atoms with Gasteiger partial charge >= 0.3 is 11.9 Å². The maximum Gasteiger partial charge on any atom is 0.346 e. The molecular formula is C9H12O3. The lowest BCUT2D eigenvalue weighted by atomic mass is 9.97. The van der Waals surface area contributed by atoms with Crippen LogP contribution in [0.15, 0.2) is 18.4 Å². The normalized spacial score (nSPS) is 9.92. The second-order valence-electron chi connectivity index (χ2n) is 3.31. The molecule has 3 heteroatoms. The van der Waals surface area contributed by atoms with Crippen molar-refractivity contribution >= 4 is 11.9 Å². The third kappa shape index (κ3) is 3.74. The van der Waals surface area contributed by atoms with Gasteiger partial charge in [-0.15, -0.1) is 5.73 Å². The SMILES string of the molecule is C=C=CC(=O)OC(=O)C(C)(C)C. The standard InChI is InChI=1S/C9H12O3/c1-5-6-7(10)12-8(11)9(2,3)4/h6H,1H2,2-4H3. The number of hydrogen-bond donors (Lipinski definition) is 0. The summed E-state index contributed by atoms with van der Waals surface area (Å²) in [4.78, 5) is 21.7. The molecule has 0 heterocycles. The van der Waals surface area contributed by atoms with E-state index in [2.05, 4.69) is 17.0 Å².